The molecule has 0 aliphatic carbocycles. The molecule has 1 aliphatic rings. The van der Waals surface area contributed by atoms with Gasteiger partial charge in [-0.25, -0.2) is 0 Å². The van der Waals surface area contributed by atoms with Gasteiger partial charge in [0.25, 0.3) is 0 Å². The van der Waals surface area contributed by atoms with Gasteiger partial charge in [-0.2, -0.15) is 5.26 Å². The van der Waals surface area contributed by atoms with Crippen molar-refractivity contribution in [1.29, 1.82) is 5.26 Å². The van der Waals surface area contributed by atoms with Crippen LogP contribution in [0.3, 0.4) is 0 Å². The van der Waals surface area contributed by atoms with Gasteiger partial charge in [-0.15, -0.1) is 0 Å². The van der Waals surface area contributed by atoms with E-state index in [1.165, 1.54) is 6.07 Å². The topological polar surface area (TPSA) is 114 Å². The average molecular weight is 413 g/mol. The van der Waals surface area contributed by atoms with Crippen LogP contribution in [0.5, 0.6) is 5.75 Å². The van der Waals surface area contributed by atoms with Crippen LogP contribution in [0.25, 0.3) is 21.8 Å². The van der Waals surface area contributed by atoms with E-state index < -0.39 is 18.0 Å². The largest absolute Gasteiger partial charge is 0.458 e. The summed E-state index contributed by atoms with van der Waals surface area (Å²) in [5, 5.41) is 21.5. The van der Waals surface area contributed by atoms with E-state index in [2.05, 4.69) is 29.7 Å². The minimum atomic E-state index is -0.722. The fraction of sp³-hybridized carbons (Fsp3) is 0.167. The van der Waals surface area contributed by atoms with Crippen LogP contribution in [0.15, 0.2) is 69.2 Å². The number of aliphatic hydroxyl groups is 1. The zero-order valence-corrected chi connectivity index (χ0v) is 16.8. The lowest BCUT2D eigenvalue weighted by atomic mass is 9.87. The number of aliphatic hydroxyl groups excluding tert-OH is 1. The molecule has 0 radical (unpaired) electrons. The van der Waals surface area contributed by atoms with E-state index in [9.17, 15) is 15.2 Å². The molecule has 4 aromatic rings. The number of aryl methyl sites for hydroxylation is 1. The number of nitrogens with two attached hydrogens (primary N) is 1. The van der Waals surface area contributed by atoms with Crippen LogP contribution < -0.4 is 15.9 Å². The molecule has 2 aromatic carbocycles. The molecule has 1 atom stereocenters. The number of hydrogen-bond acceptors (Lipinski definition) is 6. The Morgan fingerprint density at radius 2 is 1.94 bits per heavy atom. The first-order valence-corrected chi connectivity index (χ1v) is 9.93. The zero-order chi connectivity index (χ0) is 21.7. The Morgan fingerprint density at radius 3 is 2.68 bits per heavy atom. The molecule has 3 heterocycles. The van der Waals surface area contributed by atoms with Gasteiger partial charge in [0.1, 0.15) is 24.0 Å². The Balaban J connectivity index is 1.81. The van der Waals surface area contributed by atoms with Crippen molar-refractivity contribution in [3.63, 3.8) is 0 Å². The van der Waals surface area contributed by atoms with Gasteiger partial charge in [0.2, 0.25) is 17.1 Å². The third-order valence-corrected chi connectivity index (χ3v) is 5.73. The standard InChI is InChI=1S/C24H19N3O4/c1-2-27-18-6-4-3-5-15(18)16-8-7-13(9-19(16)27)21-17(11-25)24(26)31-22-20(29)10-14(12-28)30-23(21)22/h3-10,21,28H,2,12,26H2,1H3/t21-/m1/s1. The third kappa shape index (κ3) is 2.73. The van der Waals surface area contributed by atoms with Gasteiger partial charge < -0.3 is 24.6 Å². The Bertz CT molecular complexity index is 1490. The van der Waals surface area contributed by atoms with Gasteiger partial charge in [-0.1, -0.05) is 30.3 Å². The van der Waals surface area contributed by atoms with Crippen LogP contribution >= 0.6 is 0 Å². The van der Waals surface area contributed by atoms with E-state index in [4.69, 9.17) is 14.9 Å². The first-order valence-electron chi connectivity index (χ1n) is 9.93. The maximum atomic E-state index is 12.5. The molecule has 2 aromatic heterocycles. The minimum Gasteiger partial charge on any atom is -0.458 e. The van der Waals surface area contributed by atoms with Crippen LogP contribution in [-0.4, -0.2) is 9.67 Å². The Kier molecular flexibility index (Phi) is 4.31. The molecule has 0 saturated heterocycles. The first-order chi connectivity index (χ1) is 15.1. The molecule has 3 N–H and O–H groups in total. The Morgan fingerprint density at radius 1 is 1.16 bits per heavy atom. The molecular weight excluding hydrogens is 394 g/mol. The number of fused-ring (bicyclic) bond motifs is 4. The van der Waals surface area contributed by atoms with E-state index in [0.717, 1.165) is 33.9 Å². The second kappa shape index (κ2) is 7.04. The number of benzene rings is 2. The van der Waals surface area contributed by atoms with Crippen molar-refractivity contribution in [2.75, 3.05) is 0 Å². The van der Waals surface area contributed by atoms with E-state index in [1.54, 1.807) is 0 Å². The Hall–Kier alpha value is -4.02. The highest BCUT2D eigenvalue weighted by Crippen LogP contribution is 2.42. The molecule has 154 valence electrons. The number of allylic oxidation sites excluding steroid dienone is 1. The maximum Gasteiger partial charge on any atom is 0.228 e. The zero-order valence-electron chi connectivity index (χ0n) is 16.8. The van der Waals surface area contributed by atoms with Gasteiger partial charge in [0, 0.05) is 34.4 Å². The summed E-state index contributed by atoms with van der Waals surface area (Å²) in [4.78, 5) is 12.5. The second-order valence-corrected chi connectivity index (χ2v) is 7.39. The van der Waals surface area contributed by atoms with Crippen molar-refractivity contribution in [1.82, 2.24) is 4.57 Å². The molecule has 7 nitrogen and oxygen atoms in total. The normalized spacial score (nSPS) is 15.7. The van der Waals surface area contributed by atoms with Crippen molar-refractivity contribution >= 4 is 21.8 Å². The summed E-state index contributed by atoms with van der Waals surface area (Å²) in [5.74, 6) is -0.643. The number of rotatable bonds is 3. The van der Waals surface area contributed by atoms with Crippen molar-refractivity contribution < 1.29 is 14.3 Å². The van der Waals surface area contributed by atoms with E-state index in [1.807, 2.05) is 30.3 Å². The second-order valence-electron chi connectivity index (χ2n) is 7.39. The summed E-state index contributed by atoms with van der Waals surface area (Å²) >= 11 is 0. The maximum absolute atomic E-state index is 12.5. The molecular formula is C24H19N3O4. The predicted octanol–water partition coefficient (Wildman–Crippen LogP) is 3.48. The van der Waals surface area contributed by atoms with Gasteiger partial charge >= 0.3 is 0 Å². The molecule has 0 saturated carbocycles. The monoisotopic (exact) mass is 413 g/mol. The predicted molar refractivity (Wildman–Crippen MR) is 115 cm³/mol. The SMILES string of the molecule is CCn1c2ccccc2c2ccc([C@@H]3C(C#N)=C(N)Oc4c3oc(CO)cc4=O)cc21. The lowest BCUT2D eigenvalue weighted by molar-refractivity contribution is 0.231. The first kappa shape index (κ1) is 19.0. The fourth-order valence-corrected chi connectivity index (χ4v) is 4.38. The molecule has 0 fully saturated rings. The van der Waals surface area contributed by atoms with Crippen LogP contribution in [0.4, 0.5) is 0 Å². The smallest absolute Gasteiger partial charge is 0.228 e. The number of ether oxygens (including phenoxy) is 1. The number of nitrogens with zero attached hydrogens (tertiary/aromatic N) is 2. The Labute approximate surface area is 177 Å². The summed E-state index contributed by atoms with van der Waals surface area (Å²) in [6.07, 6.45) is 0. The van der Waals surface area contributed by atoms with Crippen LogP contribution in [0.1, 0.15) is 29.9 Å². The highest BCUT2D eigenvalue weighted by molar-refractivity contribution is 6.08. The molecule has 0 bridgehead atoms. The fourth-order valence-electron chi connectivity index (χ4n) is 4.38. The highest BCUT2D eigenvalue weighted by atomic mass is 16.5. The third-order valence-electron chi connectivity index (χ3n) is 5.73. The van der Waals surface area contributed by atoms with E-state index in [0.29, 0.717) is 0 Å². The number of hydrogen-bond donors (Lipinski definition) is 2. The van der Waals surface area contributed by atoms with E-state index in [-0.39, 0.29) is 28.7 Å². The van der Waals surface area contributed by atoms with Crippen molar-refractivity contribution in [3.05, 3.63) is 87.3 Å². The van der Waals surface area contributed by atoms with Gasteiger partial charge in [0.15, 0.2) is 5.76 Å². The summed E-state index contributed by atoms with van der Waals surface area (Å²) in [5.41, 5.74) is 8.57. The van der Waals surface area contributed by atoms with Crippen molar-refractivity contribution in [2.24, 2.45) is 5.73 Å². The molecule has 31 heavy (non-hydrogen) atoms. The van der Waals surface area contributed by atoms with Gasteiger partial charge in [0.05, 0.1) is 5.92 Å². The van der Waals surface area contributed by atoms with Crippen LogP contribution in [0, 0.1) is 11.3 Å². The number of nitriles is 1. The molecule has 0 amide bonds. The molecule has 7 heteroatoms. The van der Waals surface area contributed by atoms with Crippen molar-refractivity contribution in [2.45, 2.75) is 26.0 Å². The molecule has 1 aliphatic heterocycles. The summed E-state index contributed by atoms with van der Waals surface area (Å²) in [7, 11) is 0. The highest BCUT2D eigenvalue weighted by Gasteiger charge is 2.35. The lowest BCUT2D eigenvalue weighted by Gasteiger charge is -2.25. The summed E-state index contributed by atoms with van der Waals surface area (Å²) < 4.78 is 13.4. The molecule has 0 unspecified atom stereocenters. The lowest BCUT2D eigenvalue weighted by Crippen LogP contribution is -2.25. The van der Waals surface area contributed by atoms with Gasteiger partial charge in [-0.05, 0) is 24.6 Å². The van der Waals surface area contributed by atoms with Gasteiger partial charge in [-0.3, -0.25) is 4.79 Å². The van der Waals surface area contributed by atoms with E-state index >= 15 is 0 Å². The molecule has 0 spiro atoms. The van der Waals surface area contributed by atoms with Crippen molar-refractivity contribution in [3.8, 4) is 11.8 Å². The summed E-state index contributed by atoms with van der Waals surface area (Å²) in [6.45, 7) is 2.40. The van der Waals surface area contributed by atoms with Crippen LogP contribution in [-0.2, 0) is 13.2 Å². The quantitative estimate of drug-likeness (QED) is 0.531. The average Bonchev–Trinajstić information content (AvgIpc) is 3.11. The molecule has 5 rings (SSSR count). The minimum absolute atomic E-state index is 0.0603. The van der Waals surface area contributed by atoms with Crippen LogP contribution in [0.2, 0.25) is 0 Å². The number of para-hydroxylation sites is 1. The number of aromatic nitrogens is 1. The summed E-state index contributed by atoms with van der Waals surface area (Å²) in [6, 6.07) is 17.3.